The fourth-order valence-corrected chi connectivity index (χ4v) is 18.0. The lowest BCUT2D eigenvalue weighted by molar-refractivity contribution is -0.138. The van der Waals surface area contributed by atoms with Gasteiger partial charge in [-0.05, 0) is 192 Å². The van der Waals surface area contributed by atoms with Crippen LogP contribution >= 0.6 is 0 Å². The molecule has 712 valence electrons. The maximum absolute atomic E-state index is 12.7. The van der Waals surface area contributed by atoms with Crippen LogP contribution in [0.15, 0.2) is 267 Å². The van der Waals surface area contributed by atoms with Crippen molar-refractivity contribution in [1.29, 1.82) is 0 Å². The van der Waals surface area contributed by atoms with Crippen molar-refractivity contribution in [3.63, 3.8) is 0 Å². The van der Waals surface area contributed by atoms with Crippen LogP contribution in [-0.2, 0) is 106 Å². The minimum atomic E-state index is -4.58. The Morgan fingerprint density at radius 1 is 0.295 bits per heavy atom. The second-order valence-electron chi connectivity index (χ2n) is 30.0. The van der Waals surface area contributed by atoms with E-state index in [0.717, 1.165) is 91.7 Å². The Labute approximate surface area is 751 Å². The van der Waals surface area contributed by atoms with E-state index in [1.54, 1.807) is 86.2 Å². The molecule has 10 aromatic carbocycles. The second-order valence-corrected chi connectivity index (χ2v) is 38.3. The molecule has 0 heterocycles. The Morgan fingerprint density at radius 3 is 0.818 bits per heavy atom. The Hall–Kier alpha value is -12.8. The quantitative estimate of drug-likeness (QED) is 0.0282. The molecule has 0 aliphatic carbocycles. The number of aryl methyl sites for hydroxylation is 2. The number of urea groups is 5. The van der Waals surface area contributed by atoms with Crippen LogP contribution in [-0.4, -0.2) is 72.2 Å². The summed E-state index contributed by atoms with van der Waals surface area (Å²) in [6.07, 6.45) is -19.8. The molecule has 0 aromatic heterocycles. The monoisotopic (exact) mass is 1960 g/mol. The topological polar surface area (TPSA) is 376 Å². The van der Waals surface area contributed by atoms with Crippen LogP contribution in [0.2, 0.25) is 0 Å². The molecule has 0 fully saturated rings. The first-order valence-corrected chi connectivity index (χ1v) is 46.5. The number of hydrogen-bond acceptors (Lipinski definition) is 15. The lowest BCUT2D eigenvalue weighted by Gasteiger charge is -2.22. The van der Waals surface area contributed by atoms with Crippen molar-refractivity contribution in [2.75, 3.05) is 26.6 Å². The number of alkyl halides is 15. The van der Waals surface area contributed by atoms with Crippen LogP contribution in [0.4, 0.5) is 118 Å². The van der Waals surface area contributed by atoms with Gasteiger partial charge in [0, 0.05) is 28.4 Å². The van der Waals surface area contributed by atoms with Crippen molar-refractivity contribution >= 4 is 109 Å². The first-order valence-electron chi connectivity index (χ1n) is 39.0. The Kier molecular flexibility index (Phi) is 37.1. The standard InChI is InChI=1S/3C18H19F3N2O3S.C17H17F3N2O3S.C16H15F3N2O3S/c1-17(2,3)14-9-4-5-10-15(14)27(25,26)23-16(24)22-13-8-6-7-12(11-13)18(19,20)21;1-12(2)10-13-6-3-4-9-16(13)27(25,26)23-17(24)22-15-8-5-7-14(11-15)18(19,20)21;1-2-3-7-13-8-4-5-11-16(13)27(25,26)23-17(24)22-15-10-6-9-14(12-15)18(19,20)21;1-11(2)14-8-3-4-9-15(14)26(24,25)22-16(23)21-13-7-5-6-12(10-13)17(18,19)20;1-2-11-6-3-4-9-14(11)25(23,24)21-15(22)20-13-8-5-7-12(10-13)16(17,18)19/h4-11H,1-3H3,(H2,22,23,24);3-9,11-12H,10H2,1-2H3,(H2,22,23,24);4-6,8-12H,2-3,7H2,1H3,(H2,22,23,24);3-11H,1-2H3,(H2,21,22,23);3-10H,2H2,1H3,(H2,20,21,22). The third-order valence-corrected chi connectivity index (χ3v) is 24.9. The van der Waals surface area contributed by atoms with Gasteiger partial charge in [0.25, 0.3) is 50.1 Å². The van der Waals surface area contributed by atoms with Gasteiger partial charge in [-0.2, -0.15) is 65.9 Å². The molecule has 10 rings (SSSR count). The predicted octanol–water partition coefficient (Wildman–Crippen LogP) is 21.6. The Bertz CT molecular complexity index is 6340. The van der Waals surface area contributed by atoms with E-state index < -0.39 is 144 Å². The molecule has 132 heavy (non-hydrogen) atoms. The fourth-order valence-electron chi connectivity index (χ4n) is 11.8. The molecule has 10 aromatic rings. The number of benzene rings is 10. The zero-order valence-corrected chi connectivity index (χ0v) is 75.2. The van der Waals surface area contributed by atoms with Crippen LogP contribution in [0.1, 0.15) is 137 Å². The summed E-state index contributed by atoms with van der Waals surface area (Å²) >= 11 is 0. The van der Waals surface area contributed by atoms with E-state index in [0.29, 0.717) is 59.2 Å². The summed E-state index contributed by atoms with van der Waals surface area (Å²) in [5, 5.41) is 10.5. The van der Waals surface area contributed by atoms with Crippen LogP contribution < -0.4 is 50.2 Å². The van der Waals surface area contributed by atoms with Crippen molar-refractivity contribution < 1.29 is 132 Å². The molecule has 25 nitrogen and oxygen atoms in total. The highest BCUT2D eigenvalue weighted by Crippen LogP contribution is 2.37. The summed E-state index contributed by atoms with van der Waals surface area (Å²) in [5.41, 5.74) is -3.48. The molecule has 0 aliphatic rings. The lowest BCUT2D eigenvalue weighted by Crippen LogP contribution is -2.35. The van der Waals surface area contributed by atoms with E-state index in [2.05, 4.69) is 26.6 Å². The zero-order valence-electron chi connectivity index (χ0n) is 71.1. The molecular formula is C87H89F15N10O15S5. The second kappa shape index (κ2) is 45.4. The van der Waals surface area contributed by atoms with Gasteiger partial charge in [-0.3, -0.25) is 0 Å². The van der Waals surface area contributed by atoms with Crippen molar-refractivity contribution in [3.8, 4) is 0 Å². The van der Waals surface area contributed by atoms with E-state index in [-0.39, 0.29) is 64.8 Å². The highest BCUT2D eigenvalue weighted by Gasteiger charge is 2.37. The maximum Gasteiger partial charge on any atom is 0.416 e. The number of sulfonamides is 5. The molecule has 0 saturated carbocycles. The number of unbranched alkanes of at least 4 members (excludes halogenated alkanes) is 1. The van der Waals surface area contributed by atoms with Gasteiger partial charge in [0.2, 0.25) is 0 Å². The minimum absolute atomic E-state index is 0.0300. The number of amides is 10. The van der Waals surface area contributed by atoms with Gasteiger partial charge in [-0.1, -0.05) is 190 Å². The van der Waals surface area contributed by atoms with E-state index in [1.165, 1.54) is 91.0 Å². The number of nitrogens with one attached hydrogen (secondary N) is 10. The van der Waals surface area contributed by atoms with Crippen molar-refractivity contribution in [3.05, 3.63) is 298 Å². The number of carbonyl (C=O) groups excluding carboxylic acids is 5. The minimum Gasteiger partial charge on any atom is -0.307 e. The van der Waals surface area contributed by atoms with Crippen molar-refractivity contribution in [2.45, 2.75) is 161 Å². The lowest BCUT2D eigenvalue weighted by atomic mass is 9.87. The molecule has 0 radical (unpaired) electrons. The molecule has 0 bridgehead atoms. The first kappa shape index (κ1) is 108. The number of carbonyl (C=O) groups is 5. The summed E-state index contributed by atoms with van der Waals surface area (Å²) in [6, 6.07) is 44.9. The van der Waals surface area contributed by atoms with Crippen LogP contribution in [0.25, 0.3) is 0 Å². The highest BCUT2D eigenvalue weighted by atomic mass is 32.2. The SMILES string of the molecule is CC(C)(C)c1ccccc1S(=O)(=O)NC(=O)Nc1cccc(C(F)(F)F)c1.CC(C)Cc1ccccc1S(=O)(=O)NC(=O)Nc1cccc(C(F)(F)F)c1.CC(C)c1ccccc1S(=O)(=O)NC(=O)Nc1cccc(C(F)(F)F)c1.CCCCc1ccccc1S(=O)(=O)NC(=O)Nc1cccc(C(F)(F)F)c1.CCc1ccccc1S(=O)(=O)NC(=O)Nc1cccc(C(F)(F)F)c1. The summed E-state index contributed by atoms with van der Waals surface area (Å²) in [7, 11) is -20.9. The number of halogens is 15. The van der Waals surface area contributed by atoms with Crippen molar-refractivity contribution in [1.82, 2.24) is 23.6 Å². The molecular weight excluding hydrogens is 1870 g/mol. The molecule has 10 N–H and O–H groups in total. The third-order valence-electron chi connectivity index (χ3n) is 17.8. The summed E-state index contributed by atoms with van der Waals surface area (Å²) in [6.45, 7) is 16.7. The Morgan fingerprint density at radius 2 is 0.538 bits per heavy atom. The zero-order chi connectivity index (χ0) is 99.0. The van der Waals surface area contributed by atoms with E-state index in [9.17, 15) is 132 Å². The molecule has 0 spiro atoms. The maximum atomic E-state index is 12.7. The van der Waals surface area contributed by atoms with Gasteiger partial charge < -0.3 is 26.6 Å². The summed E-state index contributed by atoms with van der Waals surface area (Å²) < 4.78 is 324. The van der Waals surface area contributed by atoms with Crippen LogP contribution in [0, 0.1) is 5.92 Å². The van der Waals surface area contributed by atoms with Crippen LogP contribution in [0.5, 0.6) is 0 Å². The van der Waals surface area contributed by atoms with Gasteiger partial charge in [0.05, 0.1) is 52.3 Å². The Balaban J connectivity index is 0.000000254. The molecule has 0 aliphatic heterocycles. The van der Waals surface area contributed by atoms with Gasteiger partial charge in [0.15, 0.2) is 0 Å². The third kappa shape index (κ3) is 33.6. The number of hydrogen-bond donors (Lipinski definition) is 10. The predicted molar refractivity (Wildman–Crippen MR) is 465 cm³/mol. The summed E-state index contributed by atoms with van der Waals surface area (Å²) in [5.74, 6) is 0.0922. The van der Waals surface area contributed by atoms with Gasteiger partial charge in [0.1, 0.15) is 0 Å². The molecule has 0 unspecified atom stereocenters. The molecule has 0 saturated heterocycles. The molecule has 45 heteroatoms. The summed E-state index contributed by atoms with van der Waals surface area (Å²) in [4.78, 5) is 59.6. The molecule has 10 amide bonds. The fraction of sp³-hybridized carbons (Fsp3) is 0.253. The number of anilines is 5. The molecule has 0 atom stereocenters. The smallest absolute Gasteiger partial charge is 0.307 e. The van der Waals surface area contributed by atoms with Gasteiger partial charge >= 0.3 is 61.0 Å². The number of rotatable bonds is 22. The van der Waals surface area contributed by atoms with Gasteiger partial charge in [-0.25, -0.2) is 89.7 Å². The average Bonchev–Trinajstić information content (AvgIpc) is 0.786. The normalized spacial score (nSPS) is 12.1. The largest absolute Gasteiger partial charge is 0.416 e. The van der Waals surface area contributed by atoms with Crippen molar-refractivity contribution in [2.24, 2.45) is 5.92 Å². The average molecular weight is 1960 g/mol. The van der Waals surface area contributed by atoms with E-state index in [1.807, 2.05) is 60.4 Å². The first-order chi connectivity index (χ1) is 61.1. The van der Waals surface area contributed by atoms with E-state index >= 15 is 0 Å². The highest BCUT2D eigenvalue weighted by molar-refractivity contribution is 7.91. The van der Waals surface area contributed by atoms with E-state index in [4.69, 9.17) is 0 Å². The van der Waals surface area contributed by atoms with Crippen LogP contribution in [0.3, 0.4) is 0 Å². The van der Waals surface area contributed by atoms with Gasteiger partial charge in [-0.15, -0.1) is 0 Å².